The number of benzene rings is 2. The minimum absolute atomic E-state index is 0.215. The molecule has 4 heteroatoms. The van der Waals surface area contributed by atoms with Crippen molar-refractivity contribution >= 4 is 23.2 Å². The quantitative estimate of drug-likeness (QED) is 0.836. The second kappa shape index (κ2) is 6.94. The molecule has 2 aromatic rings. The average Bonchev–Trinajstić information content (AvgIpc) is 2.48. The van der Waals surface area contributed by atoms with Gasteiger partial charge in [-0.05, 0) is 36.8 Å². The molecule has 0 aromatic heterocycles. The van der Waals surface area contributed by atoms with Crippen LogP contribution < -0.4 is 5.32 Å². The van der Waals surface area contributed by atoms with Crippen molar-refractivity contribution in [1.82, 2.24) is 0 Å². The van der Waals surface area contributed by atoms with Crippen molar-refractivity contribution in [3.63, 3.8) is 0 Å². The Labute approximate surface area is 128 Å². The summed E-state index contributed by atoms with van der Waals surface area (Å²) in [5, 5.41) is 11.9. The molecule has 0 aliphatic rings. The van der Waals surface area contributed by atoms with E-state index < -0.39 is 0 Å². The first-order chi connectivity index (χ1) is 10.1. The lowest BCUT2D eigenvalue weighted by Crippen LogP contribution is -2.13. The molecule has 0 atom stereocenters. The molecule has 0 fully saturated rings. The van der Waals surface area contributed by atoms with E-state index in [1.54, 1.807) is 24.3 Å². The maximum absolute atomic E-state index is 12.3. The fourth-order valence-electron chi connectivity index (χ4n) is 1.86. The summed E-state index contributed by atoms with van der Waals surface area (Å²) in [5.74, 6) is 5.11. The summed E-state index contributed by atoms with van der Waals surface area (Å²) in [4.78, 5) is 12.3. The Kier molecular flexibility index (Phi) is 4.99. The van der Waals surface area contributed by atoms with Crippen molar-refractivity contribution in [3.8, 4) is 11.8 Å². The highest BCUT2D eigenvalue weighted by Gasteiger charge is 2.10. The number of carbonyl (C=O) groups is 1. The van der Waals surface area contributed by atoms with E-state index >= 15 is 0 Å². The molecule has 0 aliphatic heterocycles. The Bertz CT molecular complexity index is 729. The van der Waals surface area contributed by atoms with E-state index in [-0.39, 0.29) is 12.5 Å². The fraction of sp³-hybridized carbons (Fsp3) is 0.118. The van der Waals surface area contributed by atoms with Crippen molar-refractivity contribution in [2.24, 2.45) is 0 Å². The normalized spacial score (nSPS) is 9.67. The predicted molar refractivity (Wildman–Crippen MR) is 84.5 cm³/mol. The highest BCUT2D eigenvalue weighted by molar-refractivity contribution is 6.34. The molecule has 0 saturated heterocycles. The van der Waals surface area contributed by atoms with Crippen LogP contribution in [0.5, 0.6) is 0 Å². The molecule has 0 aliphatic carbocycles. The zero-order chi connectivity index (χ0) is 15.2. The third-order valence-corrected chi connectivity index (χ3v) is 3.25. The molecule has 106 valence electrons. The summed E-state index contributed by atoms with van der Waals surface area (Å²) in [6.07, 6.45) is 0. The molecule has 0 radical (unpaired) electrons. The molecular formula is C17H14ClNO2. The molecule has 2 N–H and O–H groups in total. The van der Waals surface area contributed by atoms with E-state index in [4.69, 9.17) is 16.7 Å². The number of carbonyl (C=O) groups excluding carboxylic acids is 1. The van der Waals surface area contributed by atoms with Gasteiger partial charge in [0, 0.05) is 11.1 Å². The third kappa shape index (κ3) is 3.85. The predicted octanol–water partition coefficient (Wildman–Crippen LogP) is 3.24. The molecular weight excluding hydrogens is 286 g/mol. The highest BCUT2D eigenvalue weighted by Crippen LogP contribution is 2.23. The van der Waals surface area contributed by atoms with E-state index in [1.807, 2.05) is 25.1 Å². The lowest BCUT2D eigenvalue weighted by molar-refractivity contribution is 0.102. The minimum atomic E-state index is -0.220. The average molecular weight is 300 g/mol. The fourth-order valence-corrected chi connectivity index (χ4v) is 2.02. The Hall–Kier alpha value is -2.28. The SMILES string of the molecule is Cc1ccccc1C(=O)Nc1cc(C#CCO)ccc1Cl. The summed E-state index contributed by atoms with van der Waals surface area (Å²) in [7, 11) is 0. The number of hydrogen-bond donors (Lipinski definition) is 2. The molecule has 0 heterocycles. The standard InChI is InChI=1S/C17H14ClNO2/c1-12-5-2-3-7-14(12)17(21)19-16-11-13(6-4-10-20)8-9-15(16)18/h2-3,5,7-9,11,20H,10H2,1H3,(H,19,21). The number of halogens is 1. The second-order valence-electron chi connectivity index (χ2n) is 4.42. The molecule has 0 unspecified atom stereocenters. The van der Waals surface area contributed by atoms with E-state index in [0.29, 0.717) is 21.8 Å². The van der Waals surface area contributed by atoms with Crippen LogP contribution in [0.4, 0.5) is 5.69 Å². The van der Waals surface area contributed by atoms with Gasteiger partial charge in [0.25, 0.3) is 5.91 Å². The van der Waals surface area contributed by atoms with Gasteiger partial charge in [-0.3, -0.25) is 4.79 Å². The molecule has 2 rings (SSSR count). The number of aliphatic hydroxyl groups is 1. The topological polar surface area (TPSA) is 49.3 Å². The van der Waals surface area contributed by atoms with Crippen LogP contribution in [0.25, 0.3) is 0 Å². The monoisotopic (exact) mass is 299 g/mol. The van der Waals surface area contributed by atoms with Gasteiger partial charge in [0.1, 0.15) is 6.61 Å². The number of aryl methyl sites for hydroxylation is 1. The van der Waals surface area contributed by atoms with Crippen LogP contribution in [-0.4, -0.2) is 17.6 Å². The van der Waals surface area contributed by atoms with Crippen LogP contribution in [0.15, 0.2) is 42.5 Å². The van der Waals surface area contributed by atoms with E-state index in [0.717, 1.165) is 5.56 Å². The van der Waals surface area contributed by atoms with Gasteiger partial charge < -0.3 is 10.4 Å². The smallest absolute Gasteiger partial charge is 0.255 e. The van der Waals surface area contributed by atoms with Crippen LogP contribution >= 0.6 is 11.6 Å². The first kappa shape index (κ1) is 15.1. The van der Waals surface area contributed by atoms with Gasteiger partial charge in [0.15, 0.2) is 0 Å². The number of aliphatic hydroxyl groups excluding tert-OH is 1. The molecule has 0 bridgehead atoms. The zero-order valence-electron chi connectivity index (χ0n) is 11.5. The lowest BCUT2D eigenvalue weighted by atomic mass is 10.1. The van der Waals surface area contributed by atoms with Crippen LogP contribution in [0.1, 0.15) is 21.5 Å². The Morgan fingerprint density at radius 1 is 1.29 bits per heavy atom. The Balaban J connectivity index is 2.27. The summed E-state index contributed by atoms with van der Waals surface area (Å²) in [5.41, 5.74) is 2.66. The van der Waals surface area contributed by atoms with Crippen molar-refractivity contribution in [2.75, 3.05) is 11.9 Å². The number of rotatable bonds is 2. The summed E-state index contributed by atoms with van der Waals surface area (Å²) < 4.78 is 0. The van der Waals surface area contributed by atoms with Gasteiger partial charge in [-0.1, -0.05) is 41.6 Å². The largest absolute Gasteiger partial charge is 0.384 e. The summed E-state index contributed by atoms with van der Waals surface area (Å²) >= 11 is 6.09. The molecule has 3 nitrogen and oxygen atoms in total. The molecule has 0 saturated carbocycles. The molecule has 1 amide bonds. The van der Waals surface area contributed by atoms with Gasteiger partial charge in [0.2, 0.25) is 0 Å². The van der Waals surface area contributed by atoms with Crippen molar-refractivity contribution in [2.45, 2.75) is 6.92 Å². The number of amides is 1. The van der Waals surface area contributed by atoms with Gasteiger partial charge >= 0.3 is 0 Å². The lowest BCUT2D eigenvalue weighted by Gasteiger charge is -2.09. The summed E-state index contributed by atoms with van der Waals surface area (Å²) in [6.45, 7) is 1.66. The second-order valence-corrected chi connectivity index (χ2v) is 4.83. The Morgan fingerprint density at radius 3 is 2.76 bits per heavy atom. The van der Waals surface area contributed by atoms with Crippen molar-refractivity contribution < 1.29 is 9.90 Å². The maximum Gasteiger partial charge on any atom is 0.255 e. The Morgan fingerprint density at radius 2 is 2.05 bits per heavy atom. The number of nitrogens with one attached hydrogen (secondary N) is 1. The van der Waals surface area contributed by atoms with Gasteiger partial charge in [-0.2, -0.15) is 0 Å². The molecule has 0 spiro atoms. The number of anilines is 1. The number of hydrogen-bond acceptors (Lipinski definition) is 2. The highest BCUT2D eigenvalue weighted by atomic mass is 35.5. The van der Waals surface area contributed by atoms with Crippen LogP contribution in [0.3, 0.4) is 0 Å². The first-order valence-electron chi connectivity index (χ1n) is 6.38. The zero-order valence-corrected chi connectivity index (χ0v) is 12.2. The van der Waals surface area contributed by atoms with E-state index in [2.05, 4.69) is 17.2 Å². The van der Waals surface area contributed by atoms with Crippen molar-refractivity contribution in [3.05, 3.63) is 64.2 Å². The molecule has 21 heavy (non-hydrogen) atoms. The van der Waals surface area contributed by atoms with Crippen molar-refractivity contribution in [1.29, 1.82) is 0 Å². The van der Waals surface area contributed by atoms with Crippen LogP contribution in [0.2, 0.25) is 5.02 Å². The first-order valence-corrected chi connectivity index (χ1v) is 6.76. The molecule has 2 aromatic carbocycles. The maximum atomic E-state index is 12.3. The van der Waals surface area contributed by atoms with Crippen LogP contribution in [0, 0.1) is 18.8 Å². The summed E-state index contributed by atoms with van der Waals surface area (Å²) in [6, 6.07) is 12.4. The van der Waals surface area contributed by atoms with Gasteiger partial charge in [0.05, 0.1) is 10.7 Å². The van der Waals surface area contributed by atoms with E-state index in [1.165, 1.54) is 0 Å². The van der Waals surface area contributed by atoms with E-state index in [9.17, 15) is 4.79 Å². The van der Waals surface area contributed by atoms with Crippen LogP contribution in [-0.2, 0) is 0 Å². The van der Waals surface area contributed by atoms with Gasteiger partial charge in [-0.15, -0.1) is 0 Å². The minimum Gasteiger partial charge on any atom is -0.384 e. The third-order valence-electron chi connectivity index (χ3n) is 2.92. The van der Waals surface area contributed by atoms with Gasteiger partial charge in [-0.25, -0.2) is 0 Å².